The third-order valence-corrected chi connectivity index (χ3v) is 3.35. The van der Waals surface area contributed by atoms with Gasteiger partial charge in [0.25, 0.3) is 0 Å². The Morgan fingerprint density at radius 2 is 2.41 bits per heavy atom. The van der Waals surface area contributed by atoms with E-state index in [2.05, 4.69) is 10.2 Å². The molecule has 0 bridgehead atoms. The molecule has 1 atom stereocenters. The van der Waals surface area contributed by atoms with Crippen LogP contribution in [0.2, 0.25) is 0 Å². The Labute approximate surface area is 98.0 Å². The van der Waals surface area contributed by atoms with Crippen molar-refractivity contribution in [1.82, 2.24) is 15.1 Å². The molecule has 1 unspecified atom stereocenters. The van der Waals surface area contributed by atoms with Crippen LogP contribution >= 0.6 is 0 Å². The first-order valence-electron chi connectivity index (χ1n) is 5.68. The highest BCUT2D eigenvalue weighted by atomic mass is 16.4. The quantitative estimate of drug-likeness (QED) is 0.791. The average Bonchev–Trinajstić information content (AvgIpc) is 2.96. The van der Waals surface area contributed by atoms with Crippen molar-refractivity contribution in [1.29, 1.82) is 0 Å². The third-order valence-electron chi connectivity index (χ3n) is 3.35. The normalized spacial score (nSPS) is 20.0. The first-order chi connectivity index (χ1) is 8.25. The van der Waals surface area contributed by atoms with Crippen LogP contribution in [0.3, 0.4) is 0 Å². The van der Waals surface area contributed by atoms with Gasteiger partial charge in [0.15, 0.2) is 0 Å². The van der Waals surface area contributed by atoms with Crippen molar-refractivity contribution in [3.63, 3.8) is 0 Å². The first kappa shape index (κ1) is 10.1. The van der Waals surface area contributed by atoms with E-state index in [1.165, 1.54) is 4.90 Å². The fraction of sp³-hybridized carbons (Fsp3) is 0.333. The number of fused-ring (bicyclic) bond motifs is 1. The Morgan fingerprint density at radius 3 is 3.24 bits per heavy atom. The van der Waals surface area contributed by atoms with Gasteiger partial charge >= 0.3 is 6.09 Å². The minimum Gasteiger partial charge on any atom is -0.465 e. The number of nitrogens with one attached hydrogen (secondary N) is 1. The van der Waals surface area contributed by atoms with Gasteiger partial charge in [-0.15, -0.1) is 0 Å². The number of carboxylic acid groups (broad SMARTS) is 1. The summed E-state index contributed by atoms with van der Waals surface area (Å²) in [5.74, 6) is 0. The molecule has 2 N–H and O–H groups in total. The van der Waals surface area contributed by atoms with E-state index in [0.29, 0.717) is 6.54 Å². The molecule has 17 heavy (non-hydrogen) atoms. The Bertz CT molecular complexity index is 564. The van der Waals surface area contributed by atoms with Gasteiger partial charge < -0.3 is 10.0 Å². The Kier molecular flexibility index (Phi) is 2.24. The van der Waals surface area contributed by atoms with Crippen LogP contribution in [0.4, 0.5) is 4.79 Å². The van der Waals surface area contributed by atoms with E-state index < -0.39 is 6.09 Å². The second kappa shape index (κ2) is 3.76. The molecule has 0 saturated carbocycles. The van der Waals surface area contributed by atoms with E-state index in [1.807, 2.05) is 18.2 Å². The van der Waals surface area contributed by atoms with Gasteiger partial charge in [-0.1, -0.05) is 12.1 Å². The maximum Gasteiger partial charge on any atom is 0.407 e. The highest BCUT2D eigenvalue weighted by Gasteiger charge is 2.29. The number of likely N-dealkylation sites (tertiary alicyclic amines) is 1. The summed E-state index contributed by atoms with van der Waals surface area (Å²) >= 11 is 0. The standard InChI is InChI=1S/C12H13N3O2/c16-12(17)15-5-1-2-11(15)8-3-4-9-7-13-14-10(9)6-8/h3-4,6-7,11H,1-2,5H2,(H,13,14)(H,16,17). The van der Waals surface area contributed by atoms with Crippen LogP contribution in [0.25, 0.3) is 10.9 Å². The number of rotatable bonds is 1. The van der Waals surface area contributed by atoms with Crippen LogP contribution in [0.5, 0.6) is 0 Å². The molecule has 0 aliphatic carbocycles. The van der Waals surface area contributed by atoms with E-state index in [4.69, 9.17) is 5.11 Å². The molecule has 0 radical (unpaired) electrons. The van der Waals surface area contributed by atoms with E-state index in [9.17, 15) is 4.79 Å². The molecular weight excluding hydrogens is 218 g/mol. The van der Waals surface area contributed by atoms with Crippen LogP contribution < -0.4 is 0 Å². The zero-order valence-corrected chi connectivity index (χ0v) is 9.26. The zero-order chi connectivity index (χ0) is 11.8. The lowest BCUT2D eigenvalue weighted by Crippen LogP contribution is -2.28. The summed E-state index contributed by atoms with van der Waals surface area (Å²) in [7, 11) is 0. The number of aromatic amines is 1. The lowest BCUT2D eigenvalue weighted by molar-refractivity contribution is 0.140. The van der Waals surface area contributed by atoms with E-state index in [-0.39, 0.29) is 6.04 Å². The Balaban J connectivity index is 1.99. The molecule has 0 spiro atoms. The number of nitrogens with zero attached hydrogens (tertiary/aromatic N) is 2. The van der Waals surface area contributed by atoms with Gasteiger partial charge in [-0.2, -0.15) is 5.10 Å². The van der Waals surface area contributed by atoms with E-state index in [0.717, 1.165) is 29.3 Å². The highest BCUT2D eigenvalue weighted by molar-refractivity contribution is 5.78. The molecule has 1 aromatic heterocycles. The number of hydrogen-bond donors (Lipinski definition) is 2. The third kappa shape index (κ3) is 1.63. The zero-order valence-electron chi connectivity index (χ0n) is 9.26. The smallest absolute Gasteiger partial charge is 0.407 e. The molecule has 1 aromatic carbocycles. The van der Waals surface area contributed by atoms with Crippen LogP contribution in [0.1, 0.15) is 24.4 Å². The minimum absolute atomic E-state index is 0.0137. The highest BCUT2D eigenvalue weighted by Crippen LogP contribution is 2.32. The predicted molar refractivity (Wildman–Crippen MR) is 62.8 cm³/mol. The fourth-order valence-corrected chi connectivity index (χ4v) is 2.50. The Morgan fingerprint density at radius 1 is 1.53 bits per heavy atom. The molecule has 2 aromatic rings. The largest absolute Gasteiger partial charge is 0.465 e. The summed E-state index contributed by atoms with van der Waals surface area (Å²) in [5.41, 5.74) is 2.00. The summed E-state index contributed by atoms with van der Waals surface area (Å²) in [4.78, 5) is 12.6. The summed E-state index contributed by atoms with van der Waals surface area (Å²) in [6.45, 7) is 0.626. The van der Waals surface area contributed by atoms with Crippen molar-refractivity contribution in [2.45, 2.75) is 18.9 Å². The molecule has 1 amide bonds. The van der Waals surface area contributed by atoms with Crippen LogP contribution in [-0.4, -0.2) is 32.8 Å². The number of H-pyrrole nitrogens is 1. The summed E-state index contributed by atoms with van der Waals surface area (Å²) in [6.07, 6.45) is 2.75. The lowest BCUT2D eigenvalue weighted by Gasteiger charge is -2.21. The van der Waals surface area contributed by atoms with Crippen molar-refractivity contribution in [3.8, 4) is 0 Å². The summed E-state index contributed by atoms with van der Waals surface area (Å²) < 4.78 is 0. The minimum atomic E-state index is -0.836. The number of aromatic nitrogens is 2. The van der Waals surface area contributed by atoms with Gasteiger partial charge in [0.1, 0.15) is 0 Å². The van der Waals surface area contributed by atoms with Gasteiger partial charge in [-0.3, -0.25) is 5.10 Å². The van der Waals surface area contributed by atoms with Gasteiger partial charge in [0.2, 0.25) is 0 Å². The molecule has 5 nitrogen and oxygen atoms in total. The van der Waals surface area contributed by atoms with Gasteiger partial charge in [0, 0.05) is 11.9 Å². The van der Waals surface area contributed by atoms with E-state index >= 15 is 0 Å². The van der Waals surface area contributed by atoms with Crippen molar-refractivity contribution >= 4 is 17.0 Å². The summed E-state index contributed by atoms with van der Waals surface area (Å²) in [5, 5.41) is 17.1. The SMILES string of the molecule is O=C(O)N1CCCC1c1ccc2cn[nH]c2c1. The molecule has 1 saturated heterocycles. The van der Waals surface area contributed by atoms with Gasteiger partial charge in [-0.25, -0.2) is 4.79 Å². The topological polar surface area (TPSA) is 69.2 Å². The number of hydrogen-bond acceptors (Lipinski definition) is 2. The molecule has 1 aliphatic heterocycles. The van der Waals surface area contributed by atoms with Gasteiger partial charge in [-0.05, 0) is 24.5 Å². The monoisotopic (exact) mass is 231 g/mol. The van der Waals surface area contributed by atoms with Gasteiger partial charge in [0.05, 0.1) is 17.8 Å². The number of benzene rings is 1. The van der Waals surface area contributed by atoms with Crippen LogP contribution in [0.15, 0.2) is 24.4 Å². The van der Waals surface area contributed by atoms with Crippen LogP contribution in [0, 0.1) is 0 Å². The fourth-order valence-electron chi connectivity index (χ4n) is 2.50. The number of carbonyl (C=O) groups is 1. The van der Waals surface area contributed by atoms with Crippen LogP contribution in [-0.2, 0) is 0 Å². The Hall–Kier alpha value is -2.04. The maximum absolute atomic E-state index is 11.1. The second-order valence-corrected chi connectivity index (χ2v) is 4.35. The summed E-state index contributed by atoms with van der Waals surface area (Å²) in [6, 6.07) is 5.95. The van der Waals surface area contributed by atoms with Crippen molar-refractivity contribution in [2.75, 3.05) is 6.54 Å². The molecule has 1 fully saturated rings. The predicted octanol–water partition coefficient (Wildman–Crippen LogP) is 2.38. The number of amides is 1. The molecule has 88 valence electrons. The van der Waals surface area contributed by atoms with Crippen molar-refractivity contribution in [2.24, 2.45) is 0 Å². The first-order valence-corrected chi connectivity index (χ1v) is 5.68. The molecule has 3 rings (SSSR count). The molecule has 1 aliphatic rings. The molecule has 2 heterocycles. The average molecular weight is 231 g/mol. The second-order valence-electron chi connectivity index (χ2n) is 4.35. The molecule has 5 heteroatoms. The van der Waals surface area contributed by atoms with E-state index in [1.54, 1.807) is 6.20 Å². The maximum atomic E-state index is 11.1. The van der Waals surface area contributed by atoms with Crippen molar-refractivity contribution in [3.05, 3.63) is 30.0 Å². The molecular formula is C12H13N3O2. The lowest BCUT2D eigenvalue weighted by atomic mass is 10.0. The van der Waals surface area contributed by atoms with Crippen molar-refractivity contribution < 1.29 is 9.90 Å².